The molecule has 0 bridgehead atoms. The van der Waals surface area contributed by atoms with Gasteiger partial charge in [-0.25, -0.2) is 15.0 Å². The minimum absolute atomic E-state index is 0. The molecular weight excluding hydrogens is 231 g/mol. The maximum absolute atomic E-state index is 12.6. The molecule has 13 heavy (non-hydrogen) atoms. The molecule has 2 aromatic rings. The quantitative estimate of drug-likeness (QED) is 0.515. The van der Waals surface area contributed by atoms with Crippen LogP contribution < -0.4 is 0 Å². The second-order valence-electron chi connectivity index (χ2n) is 2.19. The smallest absolute Gasteiger partial charge is 0.213 e. The zero-order valence-electron chi connectivity index (χ0n) is 6.28. The largest absolute Gasteiger partial charge is 0.235 e. The molecule has 65 valence electrons. The fourth-order valence-electron chi connectivity index (χ4n) is 0.902. The third kappa shape index (κ3) is 1.96. The minimum Gasteiger partial charge on any atom is -0.235 e. The molecule has 2 heterocycles. The van der Waals surface area contributed by atoms with Crippen LogP contribution in [-0.2, 0) is 18.6 Å². The SMILES string of the molecule is Fc1cc2c(Cl)ncnc2cn1.[V]. The van der Waals surface area contributed by atoms with Crippen molar-refractivity contribution in [2.75, 3.05) is 0 Å². The monoisotopic (exact) mass is 234 g/mol. The molecule has 0 saturated heterocycles. The summed E-state index contributed by atoms with van der Waals surface area (Å²) in [6.07, 6.45) is 2.63. The van der Waals surface area contributed by atoms with Gasteiger partial charge in [-0.1, -0.05) is 11.6 Å². The first-order valence-electron chi connectivity index (χ1n) is 3.19. The second kappa shape index (κ2) is 4.00. The first-order valence-corrected chi connectivity index (χ1v) is 3.57. The fraction of sp³-hybridized carbons (Fsp3) is 0. The van der Waals surface area contributed by atoms with Crippen LogP contribution in [0.3, 0.4) is 0 Å². The zero-order valence-corrected chi connectivity index (χ0v) is 8.43. The van der Waals surface area contributed by atoms with Gasteiger partial charge in [0.25, 0.3) is 0 Å². The van der Waals surface area contributed by atoms with Crippen molar-refractivity contribution in [1.29, 1.82) is 0 Å². The maximum Gasteiger partial charge on any atom is 0.213 e. The Morgan fingerprint density at radius 2 is 2.00 bits per heavy atom. The summed E-state index contributed by atoms with van der Waals surface area (Å²) < 4.78 is 12.6. The Bertz CT molecular complexity index is 437. The number of hydrogen-bond donors (Lipinski definition) is 0. The first-order chi connectivity index (χ1) is 5.77. The number of hydrogen-bond acceptors (Lipinski definition) is 3. The van der Waals surface area contributed by atoms with Crippen LogP contribution in [-0.4, -0.2) is 15.0 Å². The summed E-state index contributed by atoms with van der Waals surface area (Å²) in [7, 11) is 0. The molecule has 0 fully saturated rings. The molecule has 0 atom stereocenters. The van der Waals surface area contributed by atoms with Gasteiger partial charge in [0.05, 0.1) is 11.7 Å². The Morgan fingerprint density at radius 1 is 1.23 bits per heavy atom. The zero-order chi connectivity index (χ0) is 8.55. The van der Waals surface area contributed by atoms with Gasteiger partial charge >= 0.3 is 0 Å². The molecule has 2 aromatic heterocycles. The van der Waals surface area contributed by atoms with Gasteiger partial charge in [-0.15, -0.1) is 0 Å². The van der Waals surface area contributed by atoms with Crippen molar-refractivity contribution in [1.82, 2.24) is 15.0 Å². The summed E-state index contributed by atoms with van der Waals surface area (Å²) in [5.74, 6) is -0.584. The van der Waals surface area contributed by atoms with E-state index in [1.165, 1.54) is 18.6 Å². The molecule has 0 spiro atoms. The van der Waals surface area contributed by atoms with Gasteiger partial charge in [0, 0.05) is 30.0 Å². The maximum atomic E-state index is 12.6. The number of aromatic nitrogens is 3. The van der Waals surface area contributed by atoms with E-state index in [1.54, 1.807) is 0 Å². The van der Waals surface area contributed by atoms with Gasteiger partial charge in [-0.2, -0.15) is 4.39 Å². The summed E-state index contributed by atoms with van der Waals surface area (Å²) in [5.41, 5.74) is 0.538. The van der Waals surface area contributed by atoms with Gasteiger partial charge in [0.1, 0.15) is 11.5 Å². The van der Waals surface area contributed by atoms with Gasteiger partial charge in [0.15, 0.2) is 0 Å². The average molecular weight is 235 g/mol. The molecule has 0 unspecified atom stereocenters. The van der Waals surface area contributed by atoms with E-state index >= 15 is 0 Å². The molecule has 6 heteroatoms. The van der Waals surface area contributed by atoms with Crippen molar-refractivity contribution in [3.8, 4) is 0 Å². The number of nitrogens with zero attached hydrogens (tertiary/aromatic N) is 3. The van der Waals surface area contributed by atoms with Crippen molar-refractivity contribution < 1.29 is 22.9 Å². The molecule has 1 radical (unpaired) electrons. The molecule has 0 amide bonds. The van der Waals surface area contributed by atoms with Crippen molar-refractivity contribution in [2.24, 2.45) is 0 Å². The summed E-state index contributed by atoms with van der Waals surface area (Å²) in [4.78, 5) is 11.0. The standard InChI is InChI=1S/C7H3ClFN3.V/c8-7-4-1-6(9)10-2-5(4)11-3-12-7;/h1-3H;. The van der Waals surface area contributed by atoms with E-state index in [-0.39, 0.29) is 23.7 Å². The Balaban J connectivity index is 0.000000845. The van der Waals surface area contributed by atoms with Gasteiger partial charge in [0.2, 0.25) is 5.95 Å². The topological polar surface area (TPSA) is 38.7 Å². The van der Waals surface area contributed by atoms with Crippen molar-refractivity contribution in [2.45, 2.75) is 0 Å². The van der Waals surface area contributed by atoms with E-state index in [1.807, 2.05) is 0 Å². The van der Waals surface area contributed by atoms with Crippen LogP contribution >= 0.6 is 11.6 Å². The number of rotatable bonds is 0. The summed E-state index contributed by atoms with van der Waals surface area (Å²) >= 11 is 5.68. The van der Waals surface area contributed by atoms with Crippen LogP contribution in [0.5, 0.6) is 0 Å². The number of halogens is 2. The molecule has 0 saturated carbocycles. The van der Waals surface area contributed by atoms with Crippen LogP contribution in [0, 0.1) is 5.95 Å². The Labute approximate surface area is 90.2 Å². The molecule has 0 N–H and O–H groups in total. The Kier molecular flexibility index (Phi) is 3.19. The van der Waals surface area contributed by atoms with Crippen molar-refractivity contribution in [3.05, 3.63) is 29.7 Å². The van der Waals surface area contributed by atoms with Gasteiger partial charge in [-0.05, 0) is 0 Å². The normalized spacial score (nSPS) is 9.69. The van der Waals surface area contributed by atoms with E-state index in [9.17, 15) is 4.39 Å². The van der Waals surface area contributed by atoms with Crippen molar-refractivity contribution >= 4 is 22.5 Å². The first kappa shape index (κ1) is 10.4. The van der Waals surface area contributed by atoms with Crippen LogP contribution in [0.4, 0.5) is 4.39 Å². The third-order valence-electron chi connectivity index (χ3n) is 1.44. The van der Waals surface area contributed by atoms with Crippen LogP contribution in [0.1, 0.15) is 0 Å². The average Bonchev–Trinajstić information content (AvgIpc) is 2.07. The van der Waals surface area contributed by atoms with E-state index in [0.29, 0.717) is 10.9 Å². The summed E-state index contributed by atoms with van der Waals surface area (Å²) in [6.45, 7) is 0. The molecule has 2 rings (SSSR count). The molecule has 0 aliphatic rings. The molecule has 0 aliphatic heterocycles. The Morgan fingerprint density at radius 3 is 2.77 bits per heavy atom. The summed E-state index contributed by atoms with van der Waals surface area (Å²) in [6, 6.07) is 1.21. The predicted octanol–water partition coefficient (Wildman–Crippen LogP) is 1.81. The van der Waals surface area contributed by atoms with Gasteiger partial charge in [-0.3, -0.25) is 0 Å². The van der Waals surface area contributed by atoms with Crippen LogP contribution in [0.2, 0.25) is 5.15 Å². The second-order valence-corrected chi connectivity index (χ2v) is 2.55. The van der Waals surface area contributed by atoms with Gasteiger partial charge < -0.3 is 0 Å². The third-order valence-corrected chi connectivity index (χ3v) is 1.74. The van der Waals surface area contributed by atoms with E-state index in [4.69, 9.17) is 11.6 Å². The summed E-state index contributed by atoms with van der Waals surface area (Å²) in [5, 5.41) is 0.716. The van der Waals surface area contributed by atoms with E-state index in [0.717, 1.165) is 0 Å². The number of pyridine rings is 1. The predicted molar refractivity (Wildman–Crippen MR) is 42.3 cm³/mol. The minimum atomic E-state index is -0.584. The van der Waals surface area contributed by atoms with E-state index < -0.39 is 5.95 Å². The van der Waals surface area contributed by atoms with Crippen LogP contribution in [0.15, 0.2) is 18.6 Å². The Hall–Kier alpha value is -0.706. The molecule has 0 aromatic carbocycles. The fourth-order valence-corrected chi connectivity index (χ4v) is 1.10. The van der Waals surface area contributed by atoms with Crippen molar-refractivity contribution in [3.63, 3.8) is 0 Å². The molecule has 0 aliphatic carbocycles. The number of fused-ring (bicyclic) bond motifs is 1. The molecule has 3 nitrogen and oxygen atoms in total. The molecular formula is C7H3ClFN3V. The van der Waals surface area contributed by atoms with Crippen LogP contribution in [0.25, 0.3) is 10.9 Å². The van der Waals surface area contributed by atoms with E-state index in [2.05, 4.69) is 15.0 Å².